The van der Waals surface area contributed by atoms with E-state index >= 15 is 0 Å². The molecule has 12 heavy (non-hydrogen) atoms. The maximum Gasteiger partial charge on any atom is 0.251 e. The fraction of sp³-hybridized carbons (Fsp3) is 0.222. The third-order valence-electron chi connectivity index (χ3n) is 1.55. The lowest BCUT2D eigenvalue weighted by Gasteiger charge is -2.01. The van der Waals surface area contributed by atoms with Crippen LogP contribution in [-0.4, -0.2) is 18.1 Å². The molecule has 0 heterocycles. The molecule has 0 aliphatic rings. The molecular weight excluding hydrogens is 154 g/mol. The van der Waals surface area contributed by atoms with Crippen LogP contribution in [0.4, 0.5) is 0 Å². The molecule has 1 aromatic rings. The minimum atomic E-state index is -0.186. The van der Waals surface area contributed by atoms with Gasteiger partial charge in [0.15, 0.2) is 0 Å². The third kappa shape index (κ3) is 1.75. The molecule has 0 aromatic heterocycles. The molecule has 0 aliphatic heterocycles. The summed E-state index contributed by atoms with van der Waals surface area (Å²) in [6, 6.07) is 4.76. The maximum absolute atomic E-state index is 11.1. The van der Waals surface area contributed by atoms with Crippen LogP contribution in [0, 0.1) is 6.92 Å². The summed E-state index contributed by atoms with van der Waals surface area (Å²) in [6.45, 7) is 1.83. The van der Waals surface area contributed by atoms with Gasteiger partial charge in [-0.25, -0.2) is 0 Å². The van der Waals surface area contributed by atoms with Crippen molar-refractivity contribution in [3.05, 3.63) is 29.3 Å². The van der Waals surface area contributed by atoms with Gasteiger partial charge < -0.3 is 10.4 Å². The summed E-state index contributed by atoms with van der Waals surface area (Å²) in [7, 11) is 1.56. The summed E-state index contributed by atoms with van der Waals surface area (Å²) in [4.78, 5) is 11.1. The Kier molecular flexibility index (Phi) is 2.33. The maximum atomic E-state index is 11.1. The summed E-state index contributed by atoms with van der Waals surface area (Å²) in [6.07, 6.45) is 0. The number of benzene rings is 1. The van der Waals surface area contributed by atoms with Crippen LogP contribution in [0.15, 0.2) is 18.2 Å². The minimum Gasteiger partial charge on any atom is -0.508 e. The number of hydrogen-bond donors (Lipinski definition) is 2. The fourth-order valence-corrected chi connectivity index (χ4v) is 1.04. The molecule has 0 bridgehead atoms. The largest absolute Gasteiger partial charge is 0.508 e. The number of rotatable bonds is 1. The van der Waals surface area contributed by atoms with Crippen molar-refractivity contribution in [3.63, 3.8) is 0 Å². The highest BCUT2D eigenvalue weighted by atomic mass is 16.3. The standard InChI is InChI=1S/C9H11NO2/c1-6-3-7(9(12)10-2)5-8(11)4-6/h3-5,11H,1-2H3,(H,10,12). The summed E-state index contributed by atoms with van der Waals surface area (Å²) in [5.41, 5.74) is 1.35. The van der Waals surface area contributed by atoms with Crippen LogP contribution in [0.25, 0.3) is 0 Å². The van der Waals surface area contributed by atoms with Gasteiger partial charge in [-0.05, 0) is 30.7 Å². The van der Waals surface area contributed by atoms with Crippen molar-refractivity contribution in [1.82, 2.24) is 5.32 Å². The molecule has 1 rings (SSSR count). The van der Waals surface area contributed by atoms with Crippen LogP contribution in [0.3, 0.4) is 0 Å². The summed E-state index contributed by atoms with van der Waals surface area (Å²) >= 11 is 0. The van der Waals surface area contributed by atoms with E-state index in [1.165, 1.54) is 6.07 Å². The highest BCUT2D eigenvalue weighted by molar-refractivity contribution is 5.94. The number of carbonyl (C=O) groups is 1. The lowest BCUT2D eigenvalue weighted by molar-refractivity contribution is 0.0962. The van der Waals surface area contributed by atoms with E-state index < -0.39 is 0 Å². The molecule has 3 heteroatoms. The molecule has 0 saturated carbocycles. The quantitative estimate of drug-likeness (QED) is 0.653. The normalized spacial score (nSPS) is 9.50. The van der Waals surface area contributed by atoms with Gasteiger partial charge in [0.25, 0.3) is 5.91 Å². The molecule has 0 unspecified atom stereocenters. The van der Waals surface area contributed by atoms with Crippen molar-refractivity contribution in [3.8, 4) is 5.75 Å². The van der Waals surface area contributed by atoms with Crippen molar-refractivity contribution in [1.29, 1.82) is 0 Å². The Bertz CT molecular complexity index is 287. The Morgan fingerprint density at radius 2 is 2.08 bits per heavy atom. The summed E-state index contributed by atoms with van der Waals surface area (Å²) < 4.78 is 0. The number of aryl methyl sites for hydroxylation is 1. The van der Waals surface area contributed by atoms with Gasteiger partial charge in [-0.3, -0.25) is 4.79 Å². The monoisotopic (exact) mass is 165 g/mol. The zero-order valence-electron chi connectivity index (χ0n) is 7.09. The van der Waals surface area contributed by atoms with E-state index in [0.717, 1.165) is 5.56 Å². The molecule has 1 amide bonds. The van der Waals surface area contributed by atoms with Crippen LogP contribution in [0.2, 0.25) is 0 Å². The second-order valence-electron chi connectivity index (χ2n) is 2.64. The van der Waals surface area contributed by atoms with Crippen molar-refractivity contribution in [2.45, 2.75) is 6.92 Å². The van der Waals surface area contributed by atoms with Gasteiger partial charge in [-0.2, -0.15) is 0 Å². The van der Waals surface area contributed by atoms with E-state index in [0.29, 0.717) is 5.56 Å². The van der Waals surface area contributed by atoms with Gasteiger partial charge in [0.05, 0.1) is 0 Å². The molecule has 2 N–H and O–H groups in total. The van der Waals surface area contributed by atoms with Crippen LogP contribution in [-0.2, 0) is 0 Å². The zero-order valence-corrected chi connectivity index (χ0v) is 7.09. The Morgan fingerprint density at radius 3 is 2.58 bits per heavy atom. The molecule has 3 nitrogen and oxygen atoms in total. The van der Waals surface area contributed by atoms with E-state index in [9.17, 15) is 4.79 Å². The predicted molar refractivity (Wildman–Crippen MR) is 46.2 cm³/mol. The summed E-state index contributed by atoms with van der Waals surface area (Å²) in [5, 5.41) is 11.6. The Morgan fingerprint density at radius 1 is 1.42 bits per heavy atom. The van der Waals surface area contributed by atoms with Crippen LogP contribution < -0.4 is 5.32 Å². The highest BCUT2D eigenvalue weighted by Gasteiger charge is 2.03. The second kappa shape index (κ2) is 3.26. The lowest BCUT2D eigenvalue weighted by Crippen LogP contribution is -2.17. The topological polar surface area (TPSA) is 49.3 Å². The first kappa shape index (κ1) is 8.59. The Labute approximate surface area is 71.0 Å². The number of nitrogens with one attached hydrogen (secondary N) is 1. The van der Waals surface area contributed by atoms with Gasteiger partial charge in [-0.15, -0.1) is 0 Å². The van der Waals surface area contributed by atoms with Crippen molar-refractivity contribution in [2.24, 2.45) is 0 Å². The molecule has 0 aliphatic carbocycles. The van der Waals surface area contributed by atoms with Gasteiger partial charge in [0, 0.05) is 12.6 Å². The minimum absolute atomic E-state index is 0.119. The molecule has 1 aromatic carbocycles. The summed E-state index contributed by atoms with van der Waals surface area (Å²) in [5.74, 6) is -0.0670. The highest BCUT2D eigenvalue weighted by Crippen LogP contribution is 2.14. The lowest BCUT2D eigenvalue weighted by atomic mass is 10.1. The average molecular weight is 165 g/mol. The number of aromatic hydroxyl groups is 1. The molecule has 0 atom stereocenters. The first-order chi connectivity index (χ1) is 5.63. The molecule has 64 valence electrons. The van der Waals surface area contributed by atoms with Crippen LogP contribution in [0.5, 0.6) is 5.75 Å². The van der Waals surface area contributed by atoms with Crippen LogP contribution in [0.1, 0.15) is 15.9 Å². The van der Waals surface area contributed by atoms with Crippen molar-refractivity contribution in [2.75, 3.05) is 7.05 Å². The van der Waals surface area contributed by atoms with Crippen LogP contribution >= 0.6 is 0 Å². The fourth-order valence-electron chi connectivity index (χ4n) is 1.04. The van der Waals surface area contributed by atoms with E-state index in [-0.39, 0.29) is 11.7 Å². The second-order valence-corrected chi connectivity index (χ2v) is 2.64. The molecule has 0 saturated heterocycles. The van der Waals surface area contributed by atoms with Gasteiger partial charge >= 0.3 is 0 Å². The molecule has 0 radical (unpaired) electrons. The Balaban J connectivity index is 3.08. The van der Waals surface area contributed by atoms with Crippen molar-refractivity contribution < 1.29 is 9.90 Å². The number of phenolic OH excluding ortho intramolecular Hbond substituents is 1. The van der Waals surface area contributed by atoms with Gasteiger partial charge in [-0.1, -0.05) is 0 Å². The van der Waals surface area contributed by atoms with Gasteiger partial charge in [0.2, 0.25) is 0 Å². The number of phenols is 1. The Hall–Kier alpha value is -1.51. The molecular formula is C9H11NO2. The molecule has 0 spiro atoms. The van der Waals surface area contributed by atoms with Gasteiger partial charge in [0.1, 0.15) is 5.75 Å². The number of hydrogen-bond acceptors (Lipinski definition) is 2. The first-order valence-corrected chi connectivity index (χ1v) is 3.66. The number of amides is 1. The molecule has 0 fully saturated rings. The SMILES string of the molecule is CNC(=O)c1cc(C)cc(O)c1. The number of carbonyl (C=O) groups excluding carboxylic acids is 1. The zero-order chi connectivity index (χ0) is 9.14. The van der Waals surface area contributed by atoms with E-state index in [1.807, 2.05) is 6.92 Å². The van der Waals surface area contributed by atoms with E-state index in [2.05, 4.69) is 5.32 Å². The average Bonchev–Trinajstić information content (AvgIpc) is 2.01. The van der Waals surface area contributed by atoms with E-state index in [4.69, 9.17) is 5.11 Å². The van der Waals surface area contributed by atoms with E-state index in [1.54, 1.807) is 19.2 Å². The smallest absolute Gasteiger partial charge is 0.251 e. The third-order valence-corrected chi connectivity index (χ3v) is 1.55. The predicted octanol–water partition coefficient (Wildman–Crippen LogP) is 1.06. The van der Waals surface area contributed by atoms with Crippen molar-refractivity contribution >= 4 is 5.91 Å². The first-order valence-electron chi connectivity index (χ1n) is 3.66.